The van der Waals surface area contributed by atoms with Gasteiger partial charge in [-0.05, 0) is 26.2 Å². The standard InChI is InChI=1S/C14H24N4/c1-5-9-15-13-10(3)14(17-12(6-2)16-13)18(4)11-7-8-11/h11H,5-9H2,1-4H3,(H,15,16,17). The molecule has 0 radical (unpaired) electrons. The quantitative estimate of drug-likeness (QED) is 0.840. The zero-order valence-electron chi connectivity index (χ0n) is 12.0. The Morgan fingerprint density at radius 1 is 1.28 bits per heavy atom. The highest BCUT2D eigenvalue weighted by atomic mass is 15.2. The Morgan fingerprint density at radius 3 is 2.56 bits per heavy atom. The van der Waals surface area contributed by atoms with Crippen LogP contribution in [0.25, 0.3) is 0 Å². The molecule has 1 aromatic rings. The first-order chi connectivity index (χ1) is 8.67. The van der Waals surface area contributed by atoms with Gasteiger partial charge in [0.05, 0.1) is 0 Å². The molecule has 0 aliphatic heterocycles. The molecule has 4 nitrogen and oxygen atoms in total. The number of rotatable bonds is 6. The maximum atomic E-state index is 4.70. The van der Waals surface area contributed by atoms with Crippen LogP contribution in [0.3, 0.4) is 0 Å². The minimum absolute atomic E-state index is 0.683. The molecule has 0 unspecified atom stereocenters. The van der Waals surface area contributed by atoms with Crippen LogP contribution in [0.4, 0.5) is 11.6 Å². The van der Waals surface area contributed by atoms with Crippen molar-refractivity contribution in [2.75, 3.05) is 23.8 Å². The molecule has 1 aromatic heterocycles. The van der Waals surface area contributed by atoms with E-state index in [1.807, 2.05) is 0 Å². The molecule has 1 saturated carbocycles. The van der Waals surface area contributed by atoms with Gasteiger partial charge in [-0.25, -0.2) is 9.97 Å². The molecule has 2 rings (SSSR count). The van der Waals surface area contributed by atoms with Gasteiger partial charge in [-0.2, -0.15) is 0 Å². The number of anilines is 2. The van der Waals surface area contributed by atoms with Crippen LogP contribution in [0.2, 0.25) is 0 Å². The van der Waals surface area contributed by atoms with Crippen molar-refractivity contribution in [3.05, 3.63) is 11.4 Å². The molecule has 0 aromatic carbocycles. The molecular weight excluding hydrogens is 224 g/mol. The van der Waals surface area contributed by atoms with Crippen molar-refractivity contribution in [2.24, 2.45) is 0 Å². The Bertz CT molecular complexity index is 413. The van der Waals surface area contributed by atoms with Crippen molar-refractivity contribution >= 4 is 11.6 Å². The maximum Gasteiger partial charge on any atom is 0.137 e. The van der Waals surface area contributed by atoms with E-state index in [-0.39, 0.29) is 0 Å². The van der Waals surface area contributed by atoms with Gasteiger partial charge < -0.3 is 10.2 Å². The molecule has 0 bridgehead atoms. The molecule has 1 fully saturated rings. The van der Waals surface area contributed by atoms with Crippen molar-refractivity contribution in [1.29, 1.82) is 0 Å². The summed E-state index contributed by atoms with van der Waals surface area (Å²) in [6.07, 6.45) is 4.57. The molecule has 0 atom stereocenters. The Kier molecular flexibility index (Phi) is 4.04. The lowest BCUT2D eigenvalue weighted by Gasteiger charge is -2.22. The first-order valence-corrected chi connectivity index (χ1v) is 7.01. The van der Waals surface area contributed by atoms with Gasteiger partial charge in [0, 0.05) is 31.6 Å². The molecule has 1 N–H and O–H groups in total. The predicted octanol–water partition coefficient (Wildman–Crippen LogP) is 2.77. The minimum atomic E-state index is 0.683. The van der Waals surface area contributed by atoms with Gasteiger partial charge >= 0.3 is 0 Å². The Labute approximate surface area is 110 Å². The second-order valence-corrected chi connectivity index (χ2v) is 5.06. The van der Waals surface area contributed by atoms with Crippen LogP contribution in [0, 0.1) is 6.92 Å². The highest BCUT2D eigenvalue weighted by Crippen LogP contribution is 2.32. The molecule has 1 aliphatic rings. The Balaban J connectivity index is 2.31. The third kappa shape index (κ3) is 2.74. The van der Waals surface area contributed by atoms with Gasteiger partial charge in [-0.3, -0.25) is 0 Å². The smallest absolute Gasteiger partial charge is 0.137 e. The number of nitrogens with zero attached hydrogens (tertiary/aromatic N) is 3. The summed E-state index contributed by atoms with van der Waals surface area (Å²) in [5.74, 6) is 3.04. The average molecular weight is 248 g/mol. The summed E-state index contributed by atoms with van der Waals surface area (Å²) in [7, 11) is 2.15. The fourth-order valence-electron chi connectivity index (χ4n) is 2.10. The van der Waals surface area contributed by atoms with Crippen molar-refractivity contribution in [3.63, 3.8) is 0 Å². The zero-order chi connectivity index (χ0) is 13.1. The lowest BCUT2D eigenvalue weighted by atomic mass is 10.2. The first-order valence-electron chi connectivity index (χ1n) is 7.01. The van der Waals surface area contributed by atoms with Gasteiger partial charge in [0.15, 0.2) is 0 Å². The van der Waals surface area contributed by atoms with E-state index in [0.29, 0.717) is 6.04 Å². The van der Waals surface area contributed by atoms with E-state index in [1.54, 1.807) is 0 Å². The summed E-state index contributed by atoms with van der Waals surface area (Å²) in [5.41, 5.74) is 1.18. The summed E-state index contributed by atoms with van der Waals surface area (Å²) >= 11 is 0. The molecule has 1 heterocycles. The van der Waals surface area contributed by atoms with E-state index in [0.717, 1.165) is 36.8 Å². The fraction of sp³-hybridized carbons (Fsp3) is 0.714. The molecule has 100 valence electrons. The summed E-state index contributed by atoms with van der Waals surface area (Å²) < 4.78 is 0. The van der Waals surface area contributed by atoms with E-state index in [2.05, 4.69) is 43.0 Å². The van der Waals surface area contributed by atoms with E-state index in [4.69, 9.17) is 4.98 Å². The Morgan fingerprint density at radius 2 is 2.00 bits per heavy atom. The molecular formula is C14H24N4. The van der Waals surface area contributed by atoms with Crippen LogP contribution >= 0.6 is 0 Å². The van der Waals surface area contributed by atoms with Crippen LogP contribution in [-0.2, 0) is 6.42 Å². The zero-order valence-corrected chi connectivity index (χ0v) is 12.0. The predicted molar refractivity (Wildman–Crippen MR) is 76.4 cm³/mol. The van der Waals surface area contributed by atoms with Crippen LogP contribution < -0.4 is 10.2 Å². The van der Waals surface area contributed by atoms with Gasteiger partial charge in [0.25, 0.3) is 0 Å². The minimum Gasteiger partial charge on any atom is -0.370 e. The second-order valence-electron chi connectivity index (χ2n) is 5.06. The summed E-state index contributed by atoms with van der Waals surface area (Å²) in [6.45, 7) is 7.36. The monoisotopic (exact) mass is 248 g/mol. The third-order valence-corrected chi connectivity index (χ3v) is 3.45. The van der Waals surface area contributed by atoms with Crippen molar-refractivity contribution < 1.29 is 0 Å². The Hall–Kier alpha value is -1.32. The maximum absolute atomic E-state index is 4.70. The van der Waals surface area contributed by atoms with E-state index >= 15 is 0 Å². The fourth-order valence-corrected chi connectivity index (χ4v) is 2.10. The molecule has 0 spiro atoms. The summed E-state index contributed by atoms with van der Waals surface area (Å²) in [6, 6.07) is 0.683. The normalized spacial score (nSPS) is 14.7. The van der Waals surface area contributed by atoms with Crippen LogP contribution in [0.1, 0.15) is 44.5 Å². The lowest BCUT2D eigenvalue weighted by Crippen LogP contribution is -2.23. The van der Waals surface area contributed by atoms with Crippen molar-refractivity contribution in [3.8, 4) is 0 Å². The highest BCUT2D eigenvalue weighted by molar-refractivity contribution is 5.59. The number of hydrogen-bond donors (Lipinski definition) is 1. The van der Waals surface area contributed by atoms with Crippen LogP contribution in [0.5, 0.6) is 0 Å². The number of aromatic nitrogens is 2. The third-order valence-electron chi connectivity index (χ3n) is 3.45. The van der Waals surface area contributed by atoms with Gasteiger partial charge in [-0.15, -0.1) is 0 Å². The molecule has 0 saturated heterocycles. The van der Waals surface area contributed by atoms with E-state index in [9.17, 15) is 0 Å². The SMILES string of the molecule is CCCNc1nc(CC)nc(N(C)C2CC2)c1C. The van der Waals surface area contributed by atoms with Gasteiger partial charge in [0.2, 0.25) is 0 Å². The van der Waals surface area contributed by atoms with E-state index < -0.39 is 0 Å². The lowest BCUT2D eigenvalue weighted by molar-refractivity contribution is 0.842. The molecule has 4 heteroatoms. The van der Waals surface area contributed by atoms with Crippen LogP contribution in [0.15, 0.2) is 0 Å². The van der Waals surface area contributed by atoms with Gasteiger partial charge in [-0.1, -0.05) is 13.8 Å². The summed E-state index contributed by atoms with van der Waals surface area (Å²) in [4.78, 5) is 11.6. The van der Waals surface area contributed by atoms with E-state index in [1.165, 1.54) is 18.4 Å². The first kappa shape index (κ1) is 13.1. The highest BCUT2D eigenvalue weighted by Gasteiger charge is 2.29. The van der Waals surface area contributed by atoms with Gasteiger partial charge in [0.1, 0.15) is 17.5 Å². The molecule has 1 aliphatic carbocycles. The average Bonchev–Trinajstić information content (AvgIpc) is 3.21. The number of nitrogens with one attached hydrogen (secondary N) is 1. The molecule has 18 heavy (non-hydrogen) atoms. The number of aryl methyl sites for hydroxylation is 1. The van der Waals surface area contributed by atoms with Crippen molar-refractivity contribution in [2.45, 2.75) is 52.5 Å². The number of hydrogen-bond acceptors (Lipinski definition) is 4. The second kappa shape index (κ2) is 5.55. The van der Waals surface area contributed by atoms with Crippen LogP contribution in [-0.4, -0.2) is 29.6 Å². The topological polar surface area (TPSA) is 41.1 Å². The largest absolute Gasteiger partial charge is 0.370 e. The van der Waals surface area contributed by atoms with Crippen molar-refractivity contribution in [1.82, 2.24) is 9.97 Å². The molecule has 0 amide bonds. The summed E-state index contributed by atoms with van der Waals surface area (Å²) in [5, 5.41) is 3.41.